The summed E-state index contributed by atoms with van der Waals surface area (Å²) in [5.74, 6) is 0. The van der Waals surface area contributed by atoms with Crippen molar-refractivity contribution in [3.05, 3.63) is 20.1 Å². The standard InChI is InChI=1S/C6H2Cl6/c7-2-1-6(11,12)5(10)4(9)3(2)8/h1H2. The van der Waals surface area contributed by atoms with Gasteiger partial charge in [0.15, 0.2) is 4.33 Å². The SMILES string of the molecule is ClC1=C(Cl)C(Cl)=C(Cl)C(Cl)(Cl)C1. The van der Waals surface area contributed by atoms with E-state index in [0.29, 0.717) is 5.03 Å². The summed E-state index contributed by atoms with van der Waals surface area (Å²) in [6.07, 6.45) is 0.172. The lowest BCUT2D eigenvalue weighted by atomic mass is 10.1. The van der Waals surface area contributed by atoms with E-state index in [2.05, 4.69) is 0 Å². The molecular formula is C6H2Cl6. The molecule has 0 fully saturated rings. The van der Waals surface area contributed by atoms with E-state index < -0.39 is 4.33 Å². The van der Waals surface area contributed by atoms with Gasteiger partial charge in [-0.1, -0.05) is 69.6 Å². The van der Waals surface area contributed by atoms with Crippen LogP contribution in [0.1, 0.15) is 6.42 Å². The third-order valence-corrected chi connectivity index (χ3v) is 4.08. The lowest BCUT2D eigenvalue weighted by Gasteiger charge is -2.24. The quantitative estimate of drug-likeness (QED) is 0.553. The van der Waals surface area contributed by atoms with Crippen molar-refractivity contribution in [1.82, 2.24) is 0 Å². The molecule has 0 bridgehead atoms. The van der Waals surface area contributed by atoms with Gasteiger partial charge < -0.3 is 0 Å². The van der Waals surface area contributed by atoms with Crippen LogP contribution in [0.3, 0.4) is 0 Å². The van der Waals surface area contributed by atoms with Gasteiger partial charge in [0.2, 0.25) is 0 Å². The van der Waals surface area contributed by atoms with E-state index >= 15 is 0 Å². The van der Waals surface area contributed by atoms with E-state index in [9.17, 15) is 0 Å². The van der Waals surface area contributed by atoms with Crippen LogP contribution in [-0.4, -0.2) is 4.33 Å². The lowest BCUT2D eigenvalue weighted by molar-refractivity contribution is 0.920. The number of rotatable bonds is 0. The highest BCUT2D eigenvalue weighted by Crippen LogP contribution is 2.49. The van der Waals surface area contributed by atoms with Crippen molar-refractivity contribution in [3.8, 4) is 0 Å². The Morgan fingerprint density at radius 3 is 1.92 bits per heavy atom. The Labute approximate surface area is 100.0 Å². The van der Waals surface area contributed by atoms with Gasteiger partial charge in [-0.25, -0.2) is 0 Å². The van der Waals surface area contributed by atoms with Crippen molar-refractivity contribution in [3.63, 3.8) is 0 Å². The predicted octanol–water partition coefficient (Wildman–Crippen LogP) is 4.94. The van der Waals surface area contributed by atoms with E-state index in [1.807, 2.05) is 0 Å². The normalized spacial score (nSPS) is 23.5. The predicted molar refractivity (Wildman–Crippen MR) is 56.5 cm³/mol. The maximum Gasteiger partial charge on any atom is 0.159 e. The molecule has 68 valence electrons. The van der Waals surface area contributed by atoms with Gasteiger partial charge in [-0.2, -0.15) is 0 Å². The zero-order valence-electron chi connectivity index (χ0n) is 5.47. The Hall–Kier alpha value is 1.22. The van der Waals surface area contributed by atoms with Crippen molar-refractivity contribution in [2.75, 3.05) is 0 Å². The van der Waals surface area contributed by atoms with Gasteiger partial charge in [-0.15, -0.1) is 0 Å². The summed E-state index contributed by atoms with van der Waals surface area (Å²) >= 11 is 34.4. The molecular weight excluding hydrogens is 285 g/mol. The van der Waals surface area contributed by atoms with Gasteiger partial charge in [0.25, 0.3) is 0 Å². The molecule has 0 nitrogen and oxygen atoms in total. The number of alkyl halides is 2. The lowest BCUT2D eigenvalue weighted by Crippen LogP contribution is -2.18. The first-order chi connectivity index (χ1) is 5.36. The first kappa shape index (κ1) is 11.3. The van der Waals surface area contributed by atoms with Gasteiger partial charge in [0, 0.05) is 11.5 Å². The summed E-state index contributed by atoms with van der Waals surface area (Å²) in [6.45, 7) is 0. The molecule has 0 spiro atoms. The van der Waals surface area contributed by atoms with E-state index in [-0.39, 0.29) is 21.5 Å². The van der Waals surface area contributed by atoms with Crippen LogP contribution in [-0.2, 0) is 0 Å². The third-order valence-electron chi connectivity index (χ3n) is 1.32. The number of halogens is 6. The Morgan fingerprint density at radius 2 is 1.42 bits per heavy atom. The summed E-state index contributed by atoms with van der Waals surface area (Å²) in [7, 11) is 0. The zero-order valence-corrected chi connectivity index (χ0v) is 10.0. The van der Waals surface area contributed by atoms with Crippen molar-refractivity contribution in [2.45, 2.75) is 10.8 Å². The van der Waals surface area contributed by atoms with Crippen molar-refractivity contribution in [1.29, 1.82) is 0 Å². The molecule has 0 heterocycles. The fraction of sp³-hybridized carbons (Fsp3) is 0.333. The third kappa shape index (κ3) is 2.00. The Balaban J connectivity index is 3.20. The molecule has 0 saturated heterocycles. The van der Waals surface area contributed by atoms with Crippen LogP contribution in [0.15, 0.2) is 20.1 Å². The first-order valence-electron chi connectivity index (χ1n) is 2.84. The van der Waals surface area contributed by atoms with Crippen LogP contribution in [0.2, 0.25) is 0 Å². The summed E-state index contributed by atoms with van der Waals surface area (Å²) in [5.41, 5.74) is 0. The highest BCUT2D eigenvalue weighted by molar-refractivity contribution is 6.61. The molecule has 12 heavy (non-hydrogen) atoms. The van der Waals surface area contributed by atoms with Gasteiger partial charge in [-0.3, -0.25) is 0 Å². The highest BCUT2D eigenvalue weighted by Gasteiger charge is 2.37. The monoisotopic (exact) mass is 284 g/mol. The van der Waals surface area contributed by atoms with Crippen LogP contribution in [0.25, 0.3) is 0 Å². The number of hydrogen-bond donors (Lipinski definition) is 0. The second kappa shape index (κ2) is 3.76. The molecule has 0 saturated carbocycles. The van der Waals surface area contributed by atoms with Crippen LogP contribution in [0.5, 0.6) is 0 Å². The fourth-order valence-electron chi connectivity index (χ4n) is 0.726. The fourth-order valence-corrected chi connectivity index (χ4v) is 2.41. The van der Waals surface area contributed by atoms with Gasteiger partial charge in [-0.05, 0) is 0 Å². The second-order valence-corrected chi connectivity index (χ2v) is 5.30. The van der Waals surface area contributed by atoms with Crippen LogP contribution < -0.4 is 0 Å². The van der Waals surface area contributed by atoms with Crippen molar-refractivity contribution in [2.24, 2.45) is 0 Å². The molecule has 0 radical (unpaired) electrons. The Morgan fingerprint density at radius 1 is 0.917 bits per heavy atom. The minimum atomic E-state index is -1.26. The largest absolute Gasteiger partial charge is 0.159 e. The summed E-state index contributed by atoms with van der Waals surface area (Å²) in [5, 5.41) is 0.748. The number of hydrogen-bond acceptors (Lipinski definition) is 0. The molecule has 0 aromatic heterocycles. The second-order valence-electron chi connectivity index (χ2n) is 2.23. The smallest absolute Gasteiger partial charge is 0.0949 e. The highest BCUT2D eigenvalue weighted by atomic mass is 35.5. The minimum absolute atomic E-state index is 0.111. The van der Waals surface area contributed by atoms with Crippen LogP contribution in [0.4, 0.5) is 0 Å². The molecule has 0 aliphatic heterocycles. The molecule has 0 N–H and O–H groups in total. The molecule has 6 heteroatoms. The van der Waals surface area contributed by atoms with E-state index in [1.54, 1.807) is 0 Å². The average Bonchev–Trinajstić information content (AvgIpc) is 1.97. The zero-order chi connectivity index (χ0) is 9.52. The molecule has 0 aromatic rings. The summed E-state index contributed by atoms with van der Waals surface area (Å²) in [4.78, 5) is 0. The first-order valence-corrected chi connectivity index (χ1v) is 5.11. The average molecular weight is 287 g/mol. The maximum absolute atomic E-state index is 5.79. The minimum Gasteiger partial charge on any atom is -0.0949 e. The maximum atomic E-state index is 5.79. The Kier molecular flexibility index (Phi) is 3.54. The topological polar surface area (TPSA) is 0 Å². The van der Waals surface area contributed by atoms with Crippen LogP contribution in [0, 0.1) is 0 Å². The van der Waals surface area contributed by atoms with E-state index in [0.717, 1.165) is 0 Å². The van der Waals surface area contributed by atoms with Crippen molar-refractivity contribution >= 4 is 69.6 Å². The molecule has 0 unspecified atom stereocenters. The molecule has 0 amide bonds. The van der Waals surface area contributed by atoms with Crippen LogP contribution >= 0.6 is 69.6 Å². The molecule has 1 aliphatic rings. The van der Waals surface area contributed by atoms with E-state index in [1.165, 1.54) is 0 Å². The van der Waals surface area contributed by atoms with Gasteiger partial charge in [0.1, 0.15) is 0 Å². The molecule has 0 atom stereocenters. The van der Waals surface area contributed by atoms with Gasteiger partial charge >= 0.3 is 0 Å². The Bertz CT molecular complexity index is 274. The summed E-state index contributed by atoms with van der Waals surface area (Å²) < 4.78 is -1.26. The molecule has 1 aliphatic carbocycles. The van der Waals surface area contributed by atoms with Crippen molar-refractivity contribution < 1.29 is 0 Å². The molecule has 0 aromatic carbocycles. The van der Waals surface area contributed by atoms with E-state index in [4.69, 9.17) is 69.6 Å². The number of allylic oxidation sites excluding steroid dienone is 4. The van der Waals surface area contributed by atoms with Gasteiger partial charge in [0.05, 0.1) is 15.1 Å². The molecule has 1 rings (SSSR count). The summed E-state index contributed by atoms with van der Waals surface area (Å²) in [6, 6.07) is 0.